The molecule has 0 rings (SSSR count). The number of nitrogens with zero attached hydrogens (tertiary/aromatic N) is 1. The van der Waals surface area contributed by atoms with Gasteiger partial charge < -0.3 is 0 Å². The summed E-state index contributed by atoms with van der Waals surface area (Å²) in [5, 5.41) is 0. The molecule has 0 aromatic heterocycles. The van der Waals surface area contributed by atoms with E-state index in [2.05, 4.69) is 25.6 Å². The molecular weight excluding hydrogens is 98.1 g/mol. The fourth-order valence-electron chi connectivity index (χ4n) is 0.261. The van der Waals surface area contributed by atoms with E-state index in [1.54, 1.807) is 0 Å². The fraction of sp³-hybridized carbons (Fsp3) is 0.571. The van der Waals surface area contributed by atoms with E-state index in [0.29, 0.717) is 0 Å². The molecule has 0 fully saturated rings. The van der Waals surface area contributed by atoms with Gasteiger partial charge in [0.05, 0.1) is 6.57 Å². The van der Waals surface area contributed by atoms with Crippen molar-refractivity contribution < 1.29 is 0 Å². The normalized spacial score (nSPS) is 11.8. The Balaban J connectivity index is 3.75. The molecule has 0 aliphatic heterocycles. The van der Waals surface area contributed by atoms with Gasteiger partial charge in [0.1, 0.15) is 0 Å². The minimum atomic E-state index is 0.157. The van der Waals surface area contributed by atoms with Crippen LogP contribution in [0.1, 0.15) is 20.8 Å². The van der Waals surface area contributed by atoms with Crippen molar-refractivity contribution in [3.8, 4) is 0 Å². The summed E-state index contributed by atoms with van der Waals surface area (Å²) in [4.78, 5) is 3.09. The zero-order chi connectivity index (χ0) is 6.62. The number of hydrogen-bond acceptors (Lipinski definition) is 0. The summed E-state index contributed by atoms with van der Waals surface area (Å²) in [7, 11) is 0. The third kappa shape index (κ3) is 5.23. The summed E-state index contributed by atoms with van der Waals surface area (Å²) < 4.78 is 0. The number of allylic oxidation sites excluding steroid dienone is 1. The van der Waals surface area contributed by atoms with Gasteiger partial charge in [0.25, 0.3) is 0 Å². The predicted molar refractivity (Wildman–Crippen MR) is 35.2 cm³/mol. The first-order chi connectivity index (χ1) is 3.56. The van der Waals surface area contributed by atoms with Crippen LogP contribution in [0.2, 0.25) is 0 Å². The minimum absolute atomic E-state index is 0.157. The molecular formula is C7H11N. The largest absolute Gasteiger partial charge is 0.246 e. The van der Waals surface area contributed by atoms with E-state index in [-0.39, 0.29) is 5.41 Å². The van der Waals surface area contributed by atoms with E-state index >= 15 is 0 Å². The van der Waals surface area contributed by atoms with Gasteiger partial charge in [-0.3, -0.25) is 0 Å². The molecule has 0 aliphatic rings. The van der Waals surface area contributed by atoms with Gasteiger partial charge in [0.15, 0.2) is 6.20 Å². The highest BCUT2D eigenvalue weighted by molar-refractivity contribution is 4.96. The van der Waals surface area contributed by atoms with Crippen molar-refractivity contribution >= 4 is 0 Å². The molecule has 8 heavy (non-hydrogen) atoms. The molecule has 0 N–H and O–H groups in total. The Morgan fingerprint density at radius 1 is 1.38 bits per heavy atom. The fourth-order valence-corrected chi connectivity index (χ4v) is 0.261. The van der Waals surface area contributed by atoms with Crippen molar-refractivity contribution in [2.24, 2.45) is 5.41 Å². The summed E-state index contributed by atoms with van der Waals surface area (Å²) in [5.74, 6) is 0. The van der Waals surface area contributed by atoms with Crippen molar-refractivity contribution in [2.45, 2.75) is 20.8 Å². The Morgan fingerprint density at radius 2 is 1.88 bits per heavy atom. The topological polar surface area (TPSA) is 4.36 Å². The molecule has 1 nitrogen and oxygen atoms in total. The van der Waals surface area contributed by atoms with Crippen LogP contribution in [-0.4, -0.2) is 0 Å². The maximum absolute atomic E-state index is 6.42. The third-order valence-electron chi connectivity index (χ3n) is 0.649. The second kappa shape index (κ2) is 2.52. The molecule has 0 radical (unpaired) electrons. The molecule has 0 unspecified atom stereocenters. The lowest BCUT2D eigenvalue weighted by atomic mass is 9.97. The monoisotopic (exact) mass is 109 g/mol. The second-order valence-corrected chi connectivity index (χ2v) is 2.81. The lowest BCUT2D eigenvalue weighted by molar-refractivity contribution is 0.544. The first-order valence-corrected chi connectivity index (χ1v) is 2.60. The van der Waals surface area contributed by atoms with Crippen LogP contribution >= 0.6 is 0 Å². The average Bonchev–Trinajstić information content (AvgIpc) is 1.59. The van der Waals surface area contributed by atoms with Gasteiger partial charge >= 0.3 is 0 Å². The average molecular weight is 109 g/mol. The van der Waals surface area contributed by atoms with Crippen LogP contribution in [0.3, 0.4) is 0 Å². The molecule has 0 bridgehead atoms. The van der Waals surface area contributed by atoms with E-state index in [1.807, 2.05) is 6.08 Å². The zero-order valence-electron chi connectivity index (χ0n) is 5.60. The Bertz CT molecular complexity index is 120. The standard InChI is InChI=1S/C7H11N/c1-7(2,3)5-6-8-4/h5-6H,1-3H3/b6-5+. The van der Waals surface area contributed by atoms with Crippen LogP contribution in [0.15, 0.2) is 12.3 Å². The lowest BCUT2D eigenvalue weighted by Gasteiger charge is -2.09. The van der Waals surface area contributed by atoms with Crippen molar-refractivity contribution in [1.82, 2.24) is 0 Å². The van der Waals surface area contributed by atoms with Crippen molar-refractivity contribution in [3.63, 3.8) is 0 Å². The maximum atomic E-state index is 6.42. The third-order valence-corrected chi connectivity index (χ3v) is 0.649. The molecule has 0 heterocycles. The van der Waals surface area contributed by atoms with E-state index in [9.17, 15) is 0 Å². The SMILES string of the molecule is [C-]#[N+]/C=C/C(C)(C)C. The number of hydrogen-bond donors (Lipinski definition) is 0. The molecule has 0 aliphatic carbocycles. The first kappa shape index (κ1) is 7.23. The summed E-state index contributed by atoms with van der Waals surface area (Å²) in [6.45, 7) is 12.6. The van der Waals surface area contributed by atoms with E-state index < -0.39 is 0 Å². The molecule has 0 saturated carbocycles. The highest BCUT2D eigenvalue weighted by Gasteiger charge is 2.01. The molecule has 1 heteroatoms. The van der Waals surface area contributed by atoms with Crippen molar-refractivity contribution in [1.29, 1.82) is 0 Å². The van der Waals surface area contributed by atoms with Gasteiger partial charge in [-0.15, -0.1) is 0 Å². The van der Waals surface area contributed by atoms with Gasteiger partial charge in [-0.25, -0.2) is 4.85 Å². The van der Waals surface area contributed by atoms with Crippen LogP contribution in [0.4, 0.5) is 0 Å². The second-order valence-electron chi connectivity index (χ2n) is 2.81. The lowest BCUT2D eigenvalue weighted by Crippen LogP contribution is -1.97. The molecule has 44 valence electrons. The van der Waals surface area contributed by atoms with Gasteiger partial charge in [-0.05, 0) is 5.41 Å². The Hall–Kier alpha value is -0.770. The molecule has 0 aromatic rings. The molecule has 0 aromatic carbocycles. The summed E-state index contributed by atoms with van der Waals surface area (Å²) in [6, 6.07) is 0. The van der Waals surface area contributed by atoms with Crippen LogP contribution in [0, 0.1) is 12.0 Å². The van der Waals surface area contributed by atoms with E-state index in [1.165, 1.54) is 6.20 Å². The smallest absolute Gasteiger partial charge is 0.150 e. The van der Waals surface area contributed by atoms with Gasteiger partial charge in [0.2, 0.25) is 0 Å². The summed E-state index contributed by atoms with van der Waals surface area (Å²) in [6.07, 6.45) is 3.39. The van der Waals surface area contributed by atoms with Crippen molar-refractivity contribution in [3.05, 3.63) is 23.7 Å². The molecule has 0 saturated heterocycles. The molecule has 0 atom stereocenters. The van der Waals surface area contributed by atoms with Crippen LogP contribution in [-0.2, 0) is 0 Å². The number of rotatable bonds is 0. The quantitative estimate of drug-likeness (QED) is 0.421. The highest BCUT2D eigenvalue weighted by atomic mass is 14.6. The molecule has 0 spiro atoms. The minimum Gasteiger partial charge on any atom is -0.246 e. The van der Waals surface area contributed by atoms with Gasteiger partial charge in [-0.2, -0.15) is 0 Å². The highest BCUT2D eigenvalue weighted by Crippen LogP contribution is 2.13. The Kier molecular flexibility index (Phi) is 2.27. The first-order valence-electron chi connectivity index (χ1n) is 2.60. The van der Waals surface area contributed by atoms with Crippen molar-refractivity contribution in [2.75, 3.05) is 0 Å². The van der Waals surface area contributed by atoms with Gasteiger partial charge in [-0.1, -0.05) is 26.8 Å². The summed E-state index contributed by atoms with van der Waals surface area (Å²) >= 11 is 0. The Morgan fingerprint density at radius 3 is 2.00 bits per heavy atom. The van der Waals surface area contributed by atoms with Crippen LogP contribution < -0.4 is 0 Å². The Labute approximate surface area is 50.8 Å². The summed E-state index contributed by atoms with van der Waals surface area (Å²) in [5.41, 5.74) is 0.157. The maximum Gasteiger partial charge on any atom is 0.150 e. The van der Waals surface area contributed by atoms with Crippen LogP contribution in [0.5, 0.6) is 0 Å². The van der Waals surface area contributed by atoms with E-state index in [0.717, 1.165) is 0 Å². The van der Waals surface area contributed by atoms with Gasteiger partial charge in [0, 0.05) is 0 Å². The van der Waals surface area contributed by atoms with Crippen LogP contribution in [0.25, 0.3) is 4.85 Å². The molecule has 0 amide bonds. The van der Waals surface area contributed by atoms with E-state index in [4.69, 9.17) is 6.57 Å². The zero-order valence-corrected chi connectivity index (χ0v) is 5.60. The predicted octanol–water partition coefficient (Wildman–Crippen LogP) is 2.47.